The Balaban J connectivity index is 1.74. The molecule has 0 aliphatic heterocycles. The molecule has 3 rings (SSSR count). The molecule has 0 bridgehead atoms. The predicted molar refractivity (Wildman–Crippen MR) is 101 cm³/mol. The summed E-state index contributed by atoms with van der Waals surface area (Å²) in [6.07, 6.45) is 0. The second kappa shape index (κ2) is 7.26. The zero-order chi connectivity index (χ0) is 18.7. The molecule has 1 aromatic heterocycles. The van der Waals surface area contributed by atoms with Crippen LogP contribution in [0.15, 0.2) is 42.5 Å². The van der Waals surface area contributed by atoms with Gasteiger partial charge in [-0.3, -0.25) is 10.2 Å². The molecule has 1 amide bonds. The summed E-state index contributed by atoms with van der Waals surface area (Å²) in [5, 5.41) is 11.1. The highest BCUT2D eigenvalue weighted by Gasteiger charge is 2.10. The standard InChI is InChI=1S/C19H21N5O2/c1-3-26-19(21)12-4-7-14(8-5-12)22-11-17-23-15-10-13(18(20)25)6-9-16(15)24(17)2/h4-10,21-22H,3,11H2,1-2H3,(H2,20,25). The fourth-order valence-electron chi connectivity index (χ4n) is 2.71. The first-order chi connectivity index (χ1) is 12.5. The number of hydrogen-bond donors (Lipinski definition) is 3. The number of amides is 1. The SMILES string of the molecule is CCOC(=N)c1ccc(NCc2nc3cc(C(N)=O)ccc3n2C)cc1. The highest BCUT2D eigenvalue weighted by Crippen LogP contribution is 2.18. The Morgan fingerprint density at radius 1 is 1.23 bits per heavy atom. The molecule has 0 radical (unpaired) electrons. The number of hydrogen-bond acceptors (Lipinski definition) is 5. The quantitative estimate of drug-likeness (QED) is 0.469. The highest BCUT2D eigenvalue weighted by molar-refractivity contribution is 5.96. The predicted octanol–water partition coefficient (Wildman–Crippen LogP) is 2.65. The van der Waals surface area contributed by atoms with Gasteiger partial charge in [-0.15, -0.1) is 0 Å². The third kappa shape index (κ3) is 3.51. The van der Waals surface area contributed by atoms with Crippen molar-refractivity contribution in [1.29, 1.82) is 5.41 Å². The first-order valence-corrected chi connectivity index (χ1v) is 8.30. The van der Waals surface area contributed by atoms with Crippen LogP contribution in [0.3, 0.4) is 0 Å². The fourth-order valence-corrected chi connectivity index (χ4v) is 2.71. The van der Waals surface area contributed by atoms with Crippen LogP contribution in [-0.2, 0) is 18.3 Å². The van der Waals surface area contributed by atoms with E-state index in [0.29, 0.717) is 18.7 Å². The minimum Gasteiger partial charge on any atom is -0.478 e. The van der Waals surface area contributed by atoms with Crippen molar-refractivity contribution in [3.8, 4) is 0 Å². The molecule has 3 aromatic rings. The largest absolute Gasteiger partial charge is 0.478 e. The molecule has 0 saturated heterocycles. The lowest BCUT2D eigenvalue weighted by molar-refractivity contribution is 0.100. The van der Waals surface area contributed by atoms with E-state index in [4.69, 9.17) is 15.9 Å². The molecular weight excluding hydrogens is 330 g/mol. The molecule has 26 heavy (non-hydrogen) atoms. The third-order valence-electron chi connectivity index (χ3n) is 4.14. The zero-order valence-electron chi connectivity index (χ0n) is 14.7. The Kier molecular flexibility index (Phi) is 4.88. The van der Waals surface area contributed by atoms with Crippen molar-refractivity contribution in [2.24, 2.45) is 12.8 Å². The van der Waals surface area contributed by atoms with Crippen LogP contribution in [0.5, 0.6) is 0 Å². The lowest BCUT2D eigenvalue weighted by atomic mass is 10.2. The second-order valence-electron chi connectivity index (χ2n) is 5.85. The number of imidazole rings is 1. The molecule has 7 nitrogen and oxygen atoms in total. The molecular formula is C19H21N5O2. The molecule has 0 fully saturated rings. The van der Waals surface area contributed by atoms with Gasteiger partial charge in [0.15, 0.2) is 0 Å². The monoisotopic (exact) mass is 351 g/mol. The maximum Gasteiger partial charge on any atom is 0.248 e. The number of aromatic nitrogens is 2. The summed E-state index contributed by atoms with van der Waals surface area (Å²) >= 11 is 0. The molecule has 4 N–H and O–H groups in total. The van der Waals surface area contributed by atoms with Crippen molar-refractivity contribution in [2.45, 2.75) is 13.5 Å². The van der Waals surface area contributed by atoms with Gasteiger partial charge in [-0.1, -0.05) is 0 Å². The van der Waals surface area contributed by atoms with Gasteiger partial charge in [0.1, 0.15) is 5.82 Å². The average molecular weight is 351 g/mol. The van der Waals surface area contributed by atoms with Crippen LogP contribution in [0.4, 0.5) is 5.69 Å². The second-order valence-corrected chi connectivity index (χ2v) is 5.85. The van der Waals surface area contributed by atoms with Crippen LogP contribution in [0.1, 0.15) is 28.7 Å². The van der Waals surface area contributed by atoms with Crippen LogP contribution in [-0.4, -0.2) is 28.0 Å². The first kappa shape index (κ1) is 17.5. The zero-order valence-corrected chi connectivity index (χ0v) is 14.7. The van der Waals surface area contributed by atoms with Crippen LogP contribution in [0.2, 0.25) is 0 Å². The van der Waals surface area contributed by atoms with Gasteiger partial charge in [-0.05, 0) is 49.4 Å². The number of fused-ring (bicyclic) bond motifs is 1. The number of rotatable bonds is 6. The molecule has 134 valence electrons. The lowest BCUT2D eigenvalue weighted by Gasteiger charge is -2.08. The van der Waals surface area contributed by atoms with Gasteiger partial charge in [-0.2, -0.15) is 0 Å². The minimum atomic E-state index is -0.463. The Morgan fingerprint density at radius 3 is 2.58 bits per heavy atom. The number of nitrogens with one attached hydrogen (secondary N) is 2. The van der Waals surface area contributed by atoms with E-state index in [1.165, 1.54) is 0 Å². The Bertz CT molecular complexity index is 960. The average Bonchev–Trinajstić information content (AvgIpc) is 2.96. The number of nitrogens with zero attached hydrogens (tertiary/aromatic N) is 2. The molecule has 1 heterocycles. The van der Waals surface area contributed by atoms with Gasteiger partial charge in [0, 0.05) is 23.9 Å². The lowest BCUT2D eigenvalue weighted by Crippen LogP contribution is -2.10. The Labute approximate surface area is 151 Å². The maximum atomic E-state index is 11.3. The summed E-state index contributed by atoms with van der Waals surface area (Å²) in [6.45, 7) is 2.86. The van der Waals surface area contributed by atoms with Gasteiger partial charge in [0.25, 0.3) is 0 Å². The number of primary amides is 1. The number of carbonyl (C=O) groups is 1. The smallest absolute Gasteiger partial charge is 0.248 e. The Morgan fingerprint density at radius 2 is 1.92 bits per heavy atom. The van der Waals surface area contributed by atoms with Crippen molar-refractivity contribution in [3.63, 3.8) is 0 Å². The number of nitrogens with two attached hydrogens (primary N) is 1. The van der Waals surface area contributed by atoms with E-state index in [1.807, 2.05) is 48.9 Å². The van der Waals surface area contributed by atoms with E-state index in [1.54, 1.807) is 12.1 Å². The van der Waals surface area contributed by atoms with Crippen LogP contribution in [0, 0.1) is 5.41 Å². The van der Waals surface area contributed by atoms with E-state index < -0.39 is 5.91 Å². The van der Waals surface area contributed by atoms with Crippen molar-refractivity contribution in [1.82, 2.24) is 9.55 Å². The van der Waals surface area contributed by atoms with E-state index in [0.717, 1.165) is 28.1 Å². The normalized spacial score (nSPS) is 10.7. The summed E-state index contributed by atoms with van der Waals surface area (Å²) < 4.78 is 7.17. The van der Waals surface area contributed by atoms with Gasteiger partial charge >= 0.3 is 0 Å². The number of aryl methyl sites for hydroxylation is 1. The van der Waals surface area contributed by atoms with Crippen LogP contribution < -0.4 is 11.1 Å². The van der Waals surface area contributed by atoms with E-state index in [-0.39, 0.29) is 5.90 Å². The summed E-state index contributed by atoms with van der Waals surface area (Å²) in [5.74, 6) is 0.544. The van der Waals surface area contributed by atoms with Crippen LogP contribution in [0.25, 0.3) is 11.0 Å². The fraction of sp³-hybridized carbons (Fsp3) is 0.211. The summed E-state index contributed by atoms with van der Waals surface area (Å²) in [4.78, 5) is 15.9. The maximum absolute atomic E-state index is 11.3. The number of carbonyl (C=O) groups excluding carboxylic acids is 1. The summed E-state index contributed by atoms with van der Waals surface area (Å²) in [7, 11) is 1.93. The number of ether oxygens (including phenoxy) is 1. The highest BCUT2D eigenvalue weighted by atomic mass is 16.5. The molecule has 0 saturated carbocycles. The van der Waals surface area contributed by atoms with Crippen LogP contribution >= 0.6 is 0 Å². The van der Waals surface area contributed by atoms with Gasteiger partial charge in [0.2, 0.25) is 11.8 Å². The van der Waals surface area contributed by atoms with E-state index >= 15 is 0 Å². The van der Waals surface area contributed by atoms with Gasteiger partial charge in [0.05, 0.1) is 24.2 Å². The molecule has 0 atom stereocenters. The van der Waals surface area contributed by atoms with Crippen molar-refractivity contribution >= 4 is 28.5 Å². The number of benzene rings is 2. The van der Waals surface area contributed by atoms with Gasteiger partial charge in [-0.25, -0.2) is 4.98 Å². The molecule has 0 aliphatic rings. The topological polar surface area (TPSA) is 106 Å². The van der Waals surface area contributed by atoms with E-state index in [2.05, 4.69) is 10.3 Å². The molecule has 0 aliphatic carbocycles. The molecule has 0 spiro atoms. The van der Waals surface area contributed by atoms with Crippen molar-refractivity contribution in [2.75, 3.05) is 11.9 Å². The minimum absolute atomic E-state index is 0.166. The Hall–Kier alpha value is -3.35. The summed E-state index contributed by atoms with van der Waals surface area (Å²) in [6, 6.07) is 12.7. The molecule has 2 aromatic carbocycles. The van der Waals surface area contributed by atoms with Crippen molar-refractivity contribution in [3.05, 3.63) is 59.4 Å². The van der Waals surface area contributed by atoms with Crippen molar-refractivity contribution < 1.29 is 9.53 Å². The summed E-state index contributed by atoms with van der Waals surface area (Å²) in [5.41, 5.74) is 9.10. The van der Waals surface area contributed by atoms with Gasteiger partial charge < -0.3 is 20.4 Å². The molecule has 0 unspecified atom stereocenters. The third-order valence-corrected chi connectivity index (χ3v) is 4.14. The molecule has 7 heteroatoms. The van der Waals surface area contributed by atoms with E-state index in [9.17, 15) is 4.79 Å². The first-order valence-electron chi connectivity index (χ1n) is 8.30. The number of anilines is 1.